The van der Waals surface area contributed by atoms with Crippen LogP contribution in [0.5, 0.6) is 5.75 Å². The fraction of sp³-hybridized carbons (Fsp3) is 0.393. The maximum absolute atomic E-state index is 12.6. The zero-order chi connectivity index (χ0) is 24.6. The first-order chi connectivity index (χ1) is 16.9. The van der Waals surface area contributed by atoms with Crippen LogP contribution in [0.4, 0.5) is 5.13 Å². The zero-order valence-electron chi connectivity index (χ0n) is 20.3. The van der Waals surface area contributed by atoms with Crippen molar-refractivity contribution in [1.82, 2.24) is 4.98 Å². The second kappa shape index (κ2) is 9.46. The summed E-state index contributed by atoms with van der Waals surface area (Å²) in [6.45, 7) is 6.20. The summed E-state index contributed by atoms with van der Waals surface area (Å²) in [5.74, 6) is 1.27. The number of fused-ring (bicyclic) bond motifs is 2. The van der Waals surface area contributed by atoms with E-state index < -0.39 is 5.41 Å². The van der Waals surface area contributed by atoms with E-state index in [0.29, 0.717) is 12.2 Å². The van der Waals surface area contributed by atoms with Crippen molar-refractivity contribution in [1.29, 1.82) is 0 Å². The lowest BCUT2D eigenvalue weighted by atomic mass is 9.71. The van der Waals surface area contributed by atoms with E-state index in [4.69, 9.17) is 14.5 Å². The molecule has 2 aromatic carbocycles. The van der Waals surface area contributed by atoms with Crippen LogP contribution >= 0.6 is 11.3 Å². The smallest absolute Gasteiger partial charge is 0.312 e. The Morgan fingerprint density at radius 2 is 1.89 bits per heavy atom. The molecule has 2 fully saturated rings. The molecular weight excluding hydrogens is 460 g/mol. The SMILES string of the molecule is COC(=O)C1(C)C2CCC1CN(c1nc(-c3cc(C)ccc3OCc3ccc(C=O)cc3)cs1)C2. The van der Waals surface area contributed by atoms with Crippen molar-refractivity contribution in [2.45, 2.75) is 33.3 Å². The van der Waals surface area contributed by atoms with Crippen LogP contribution < -0.4 is 9.64 Å². The molecule has 3 aromatic rings. The summed E-state index contributed by atoms with van der Waals surface area (Å²) in [5, 5.41) is 3.08. The van der Waals surface area contributed by atoms with Gasteiger partial charge in [0.25, 0.3) is 0 Å². The number of aromatic nitrogens is 1. The maximum atomic E-state index is 12.6. The number of benzene rings is 2. The number of methoxy groups -OCH3 is 1. The van der Waals surface area contributed by atoms with Crippen molar-refractivity contribution in [3.8, 4) is 17.0 Å². The largest absolute Gasteiger partial charge is 0.488 e. The predicted octanol–water partition coefficient (Wildman–Crippen LogP) is 5.54. The molecule has 1 saturated carbocycles. The molecule has 2 aliphatic rings. The van der Waals surface area contributed by atoms with E-state index in [1.165, 1.54) is 7.11 Å². The summed E-state index contributed by atoms with van der Waals surface area (Å²) in [6.07, 6.45) is 2.94. The van der Waals surface area contributed by atoms with Gasteiger partial charge in [-0.05, 0) is 56.2 Å². The van der Waals surface area contributed by atoms with Crippen LogP contribution in [0.1, 0.15) is 41.3 Å². The fourth-order valence-electron chi connectivity index (χ4n) is 5.57. The Morgan fingerprint density at radius 1 is 1.17 bits per heavy atom. The first-order valence-corrected chi connectivity index (χ1v) is 12.9. The van der Waals surface area contributed by atoms with Crippen LogP contribution in [-0.4, -0.2) is 37.4 Å². The Morgan fingerprint density at radius 3 is 2.54 bits per heavy atom. The number of rotatable bonds is 7. The van der Waals surface area contributed by atoms with Crippen molar-refractivity contribution in [2.24, 2.45) is 17.3 Å². The molecule has 2 heterocycles. The van der Waals surface area contributed by atoms with Crippen molar-refractivity contribution >= 4 is 28.7 Å². The minimum absolute atomic E-state index is 0.0770. The monoisotopic (exact) mass is 490 g/mol. The van der Waals surface area contributed by atoms with Gasteiger partial charge in [0.15, 0.2) is 5.13 Å². The number of esters is 1. The molecule has 0 radical (unpaired) electrons. The topological polar surface area (TPSA) is 68.7 Å². The second-order valence-corrected chi connectivity index (χ2v) is 10.7. The Bertz CT molecular complexity index is 1220. The molecule has 182 valence electrons. The average Bonchev–Trinajstić information content (AvgIpc) is 3.41. The fourth-order valence-corrected chi connectivity index (χ4v) is 6.42. The molecule has 35 heavy (non-hydrogen) atoms. The van der Waals surface area contributed by atoms with Gasteiger partial charge in [-0.3, -0.25) is 9.59 Å². The van der Waals surface area contributed by atoms with Crippen molar-refractivity contribution in [3.05, 3.63) is 64.5 Å². The van der Waals surface area contributed by atoms with Gasteiger partial charge >= 0.3 is 5.97 Å². The molecule has 0 spiro atoms. The van der Waals surface area contributed by atoms with E-state index in [9.17, 15) is 9.59 Å². The third kappa shape index (κ3) is 4.33. The number of carbonyl (C=O) groups excluding carboxylic acids is 2. The van der Waals surface area contributed by atoms with Gasteiger partial charge in [0.1, 0.15) is 18.6 Å². The number of nitrogens with zero attached hydrogens (tertiary/aromatic N) is 2. The number of piperidine rings is 1. The van der Waals surface area contributed by atoms with Gasteiger partial charge in [0.2, 0.25) is 0 Å². The van der Waals surface area contributed by atoms with E-state index in [1.54, 1.807) is 23.5 Å². The molecule has 1 aliphatic carbocycles. The highest BCUT2D eigenvalue weighted by Gasteiger charge is 2.56. The van der Waals surface area contributed by atoms with Crippen LogP contribution in [0, 0.1) is 24.2 Å². The number of aryl methyl sites for hydroxylation is 1. The average molecular weight is 491 g/mol. The van der Waals surface area contributed by atoms with Gasteiger partial charge in [-0.25, -0.2) is 4.98 Å². The molecule has 2 bridgehead atoms. The molecule has 0 amide bonds. The number of hydrogen-bond acceptors (Lipinski definition) is 7. The number of aldehydes is 1. The van der Waals surface area contributed by atoms with Crippen LogP contribution in [0.25, 0.3) is 11.3 Å². The lowest BCUT2D eigenvalue weighted by Gasteiger charge is -2.43. The zero-order valence-corrected chi connectivity index (χ0v) is 21.1. The number of carbonyl (C=O) groups is 2. The van der Waals surface area contributed by atoms with Crippen molar-refractivity contribution < 1.29 is 19.1 Å². The van der Waals surface area contributed by atoms with E-state index in [-0.39, 0.29) is 17.8 Å². The van der Waals surface area contributed by atoms with Gasteiger partial charge < -0.3 is 14.4 Å². The quantitative estimate of drug-likeness (QED) is 0.320. The molecule has 1 saturated heterocycles. The van der Waals surface area contributed by atoms with Gasteiger partial charge in [-0.1, -0.05) is 35.9 Å². The first kappa shape index (κ1) is 23.5. The summed E-state index contributed by atoms with van der Waals surface area (Å²) in [6, 6.07) is 13.6. The molecule has 7 heteroatoms. The number of hydrogen-bond donors (Lipinski definition) is 0. The maximum Gasteiger partial charge on any atom is 0.312 e. The summed E-state index contributed by atoms with van der Waals surface area (Å²) >= 11 is 1.64. The number of ether oxygens (including phenoxy) is 2. The Balaban J connectivity index is 1.35. The summed E-state index contributed by atoms with van der Waals surface area (Å²) in [7, 11) is 1.49. The molecule has 2 atom stereocenters. The number of anilines is 1. The minimum Gasteiger partial charge on any atom is -0.488 e. The molecule has 2 unspecified atom stereocenters. The van der Waals surface area contributed by atoms with Crippen LogP contribution in [0.3, 0.4) is 0 Å². The molecule has 1 aromatic heterocycles. The van der Waals surface area contributed by atoms with Crippen LogP contribution in [0.2, 0.25) is 0 Å². The first-order valence-electron chi connectivity index (χ1n) is 12.0. The van der Waals surface area contributed by atoms with Crippen molar-refractivity contribution in [2.75, 3.05) is 25.1 Å². The molecule has 5 rings (SSSR count). The highest BCUT2D eigenvalue weighted by molar-refractivity contribution is 7.14. The standard InChI is InChI=1S/C28H30N2O4S/c1-18-4-11-25(34-16-20-7-5-19(15-31)6-8-20)23(12-18)24-17-35-27(29-24)30-13-21-9-10-22(14-30)28(21,2)26(32)33-3/h4-8,11-12,15,17,21-22H,9-10,13-14,16H2,1-3H3. The molecule has 0 N–H and O–H groups in total. The highest BCUT2D eigenvalue weighted by atomic mass is 32.1. The Hall–Kier alpha value is -3.19. The molecule has 6 nitrogen and oxygen atoms in total. The summed E-state index contributed by atoms with van der Waals surface area (Å²) in [4.78, 5) is 30.8. The normalized spacial score (nSPS) is 23.2. The van der Waals surface area contributed by atoms with Gasteiger partial charge in [-0.15, -0.1) is 11.3 Å². The van der Waals surface area contributed by atoms with Crippen molar-refractivity contribution in [3.63, 3.8) is 0 Å². The third-order valence-electron chi connectivity index (χ3n) is 7.75. The molecular formula is C28H30N2O4S. The van der Waals surface area contributed by atoms with Crippen LogP contribution in [-0.2, 0) is 16.1 Å². The number of thiazole rings is 1. The van der Waals surface area contributed by atoms with Gasteiger partial charge in [-0.2, -0.15) is 0 Å². The Labute approximate surface area is 209 Å². The predicted molar refractivity (Wildman–Crippen MR) is 137 cm³/mol. The van der Waals surface area contributed by atoms with E-state index in [0.717, 1.165) is 65.5 Å². The van der Waals surface area contributed by atoms with Gasteiger partial charge in [0.05, 0.1) is 18.2 Å². The van der Waals surface area contributed by atoms with E-state index in [1.807, 2.05) is 24.3 Å². The lowest BCUT2D eigenvalue weighted by molar-refractivity contribution is -0.157. The highest BCUT2D eigenvalue weighted by Crippen LogP contribution is 2.53. The Kier molecular flexibility index (Phi) is 6.36. The summed E-state index contributed by atoms with van der Waals surface area (Å²) < 4.78 is 11.3. The van der Waals surface area contributed by atoms with E-state index >= 15 is 0 Å². The molecule has 1 aliphatic heterocycles. The van der Waals surface area contributed by atoms with Gasteiger partial charge in [0, 0.05) is 29.6 Å². The second-order valence-electron chi connectivity index (χ2n) is 9.81. The minimum atomic E-state index is -0.396. The summed E-state index contributed by atoms with van der Waals surface area (Å²) in [5.41, 5.74) is 4.26. The lowest BCUT2D eigenvalue weighted by Crippen LogP contribution is -2.52. The third-order valence-corrected chi connectivity index (χ3v) is 8.65. The van der Waals surface area contributed by atoms with E-state index in [2.05, 4.69) is 30.2 Å². The van der Waals surface area contributed by atoms with Crippen LogP contribution in [0.15, 0.2) is 47.8 Å².